The number of esters is 1. The van der Waals surface area contributed by atoms with Crippen molar-refractivity contribution in [1.29, 1.82) is 0 Å². The molecule has 2 heterocycles. The van der Waals surface area contributed by atoms with Crippen molar-refractivity contribution in [3.8, 4) is 0 Å². The van der Waals surface area contributed by atoms with Gasteiger partial charge in [-0.3, -0.25) is 0 Å². The third-order valence-corrected chi connectivity index (χ3v) is 5.27. The van der Waals surface area contributed by atoms with E-state index in [4.69, 9.17) is 29.7 Å². The van der Waals surface area contributed by atoms with Crippen molar-refractivity contribution in [2.24, 2.45) is 0 Å². The molecule has 0 atom stereocenters. The highest BCUT2D eigenvalue weighted by atomic mass is 16.7. The van der Waals surface area contributed by atoms with Gasteiger partial charge >= 0.3 is 19.2 Å². The molecule has 1 amide bonds. The number of hydrogen-bond donors (Lipinski definition) is 0. The first kappa shape index (κ1) is 15.6. The number of carbonyl (C=O) groups is 2. The fraction of sp³-hybridized carbons (Fsp3) is 0.652. The van der Waals surface area contributed by atoms with Gasteiger partial charge in [-0.2, -0.15) is 0 Å². The Hall–Kier alpha value is -2.26. The van der Waals surface area contributed by atoms with Gasteiger partial charge in [0, 0.05) is 31.7 Å². The summed E-state index contributed by atoms with van der Waals surface area (Å²) in [7, 11) is 0.0143. The van der Waals surface area contributed by atoms with Gasteiger partial charge in [0.15, 0.2) is 0 Å². The highest BCUT2D eigenvalue weighted by Gasteiger charge is 2.52. The minimum atomic E-state index is -3.48. The van der Waals surface area contributed by atoms with Gasteiger partial charge in [-0.05, 0) is 72.1 Å². The van der Waals surface area contributed by atoms with Crippen LogP contribution in [0.15, 0.2) is 18.2 Å². The Balaban J connectivity index is 2.26. The van der Waals surface area contributed by atoms with Crippen molar-refractivity contribution in [2.75, 3.05) is 38.0 Å². The summed E-state index contributed by atoms with van der Waals surface area (Å²) in [6.07, 6.45) is -1.59. The molecule has 2 fully saturated rings. The smallest absolute Gasteiger partial charge is 0.465 e. The predicted octanol–water partition coefficient (Wildman–Crippen LogP) is 2.83. The summed E-state index contributed by atoms with van der Waals surface area (Å²) in [5.74, 6) is -0.876. The quantitative estimate of drug-likeness (QED) is 0.514. The number of anilines is 1. The molecule has 2 aliphatic rings. The van der Waals surface area contributed by atoms with Gasteiger partial charge in [-0.1, -0.05) is 0 Å². The van der Waals surface area contributed by atoms with Crippen molar-refractivity contribution >= 4 is 30.3 Å². The van der Waals surface area contributed by atoms with Crippen LogP contribution < -0.4 is 10.4 Å². The number of hydrogen-bond acceptors (Lipinski definition) is 7. The summed E-state index contributed by atoms with van der Waals surface area (Å²) >= 11 is 0. The molecule has 0 aromatic heterocycles. The molecule has 0 spiro atoms. The lowest BCUT2D eigenvalue weighted by Gasteiger charge is -2.37. The maximum atomic E-state index is 13.0. The Morgan fingerprint density at radius 3 is 2.09 bits per heavy atom. The maximum Gasteiger partial charge on any atom is 0.494 e. The van der Waals surface area contributed by atoms with Crippen LogP contribution in [0.25, 0.3) is 0 Å². The van der Waals surface area contributed by atoms with E-state index in [2.05, 4.69) is 0 Å². The van der Waals surface area contributed by atoms with Crippen LogP contribution in [0.1, 0.15) is 69.8 Å². The minimum absolute atomic E-state index is 0.152. The first-order chi connectivity index (χ1) is 17.7. The molecule has 9 heteroatoms. The molecule has 0 unspecified atom stereocenters. The highest BCUT2D eigenvalue weighted by molar-refractivity contribution is 6.62. The van der Waals surface area contributed by atoms with E-state index in [9.17, 15) is 9.59 Å². The van der Waals surface area contributed by atoms with E-state index < -0.39 is 67.7 Å². The third kappa shape index (κ3) is 5.21. The molecule has 1 aromatic carbocycles. The summed E-state index contributed by atoms with van der Waals surface area (Å²) < 4.78 is 91.2. The van der Waals surface area contributed by atoms with E-state index in [1.807, 2.05) is 0 Å². The van der Waals surface area contributed by atoms with E-state index in [-0.39, 0.29) is 20.8 Å². The Labute approximate surface area is 202 Å². The number of nitrogens with zero attached hydrogens (tertiary/aromatic N) is 2. The fourth-order valence-electron chi connectivity index (χ4n) is 2.90. The van der Waals surface area contributed by atoms with Crippen LogP contribution in [-0.4, -0.2) is 74.0 Å². The zero-order valence-corrected chi connectivity index (χ0v) is 19.7. The summed E-state index contributed by atoms with van der Waals surface area (Å²) in [4.78, 5) is 25.6. The lowest BCUT2D eigenvalue weighted by atomic mass is 9.78. The summed E-state index contributed by atoms with van der Waals surface area (Å²) in [5, 5.41) is 0. The number of ether oxygens (including phenoxy) is 2. The Morgan fingerprint density at radius 1 is 1.03 bits per heavy atom. The number of rotatable bonds is 3. The average molecular weight is 454 g/mol. The van der Waals surface area contributed by atoms with E-state index in [1.165, 1.54) is 32.9 Å². The van der Waals surface area contributed by atoms with Crippen molar-refractivity contribution in [3.05, 3.63) is 23.8 Å². The molecule has 3 rings (SSSR count). The van der Waals surface area contributed by atoms with Gasteiger partial charge in [0.05, 0.1) is 34.8 Å². The van der Waals surface area contributed by atoms with E-state index in [0.717, 1.165) is 13.2 Å². The van der Waals surface area contributed by atoms with Crippen molar-refractivity contribution < 1.29 is 39.3 Å². The van der Waals surface area contributed by atoms with Crippen molar-refractivity contribution in [1.82, 2.24) is 4.90 Å². The topological polar surface area (TPSA) is 77.5 Å². The van der Waals surface area contributed by atoms with Gasteiger partial charge in [0.2, 0.25) is 0 Å². The molecule has 0 radical (unpaired) electrons. The largest absolute Gasteiger partial charge is 0.494 e. The van der Waals surface area contributed by atoms with Crippen LogP contribution in [0.3, 0.4) is 0 Å². The highest BCUT2D eigenvalue weighted by Crippen LogP contribution is 2.36. The standard InChI is InChI=1S/C23H35BN2O6/c1-21(2,3)30-20(28)26-11-9-25(10-12-26)18-14-16(19(27)29-8)13-17(15-18)24-31-22(4,5)23(6,7)32-24/h13-15H,9-12H2,1-8H3/i9D2,10D2,11D2,12D2. The summed E-state index contributed by atoms with van der Waals surface area (Å²) in [6, 6.07) is 3.62. The average Bonchev–Trinajstić information content (AvgIpc) is 2.97. The second-order valence-electron chi connectivity index (χ2n) is 9.49. The second kappa shape index (κ2) is 8.59. The monoisotopic (exact) mass is 454 g/mol. The Morgan fingerprint density at radius 2 is 1.59 bits per heavy atom. The fourth-order valence-corrected chi connectivity index (χ4v) is 2.90. The van der Waals surface area contributed by atoms with Crippen molar-refractivity contribution in [2.45, 2.75) is 65.3 Å². The molecule has 176 valence electrons. The molecule has 1 aromatic rings. The molecule has 0 N–H and O–H groups in total. The van der Waals surface area contributed by atoms with Crippen LogP contribution in [0.4, 0.5) is 10.5 Å². The summed E-state index contributed by atoms with van der Waals surface area (Å²) in [6.45, 7) is -2.26. The van der Waals surface area contributed by atoms with Crippen LogP contribution in [0.2, 0.25) is 0 Å². The second-order valence-corrected chi connectivity index (χ2v) is 9.49. The van der Waals surface area contributed by atoms with Gasteiger partial charge in [-0.15, -0.1) is 0 Å². The minimum Gasteiger partial charge on any atom is -0.465 e. The number of benzene rings is 1. The SMILES string of the molecule is [2H]C1([2H])N(C(=O)OC(C)(C)C)C([2H])([2H])C([2H])([2H])N(c2cc(B3OC(C)(C)C(C)(C)O3)cc(C(=O)OC)c2)C1([2H])[2H]. The molecule has 0 aliphatic carbocycles. The third-order valence-electron chi connectivity index (χ3n) is 5.27. The first-order valence-corrected chi connectivity index (χ1v) is 10.2. The normalized spacial score (nSPS) is 30.3. The molecule has 0 bridgehead atoms. The molecule has 0 saturated carbocycles. The van der Waals surface area contributed by atoms with Crippen LogP contribution in [0.5, 0.6) is 0 Å². The van der Waals surface area contributed by atoms with Crippen molar-refractivity contribution in [3.63, 3.8) is 0 Å². The molecule has 2 aliphatic heterocycles. The molecule has 2 saturated heterocycles. The zero-order chi connectivity index (χ0) is 31.1. The molecule has 32 heavy (non-hydrogen) atoms. The van der Waals surface area contributed by atoms with Gasteiger partial charge in [0.25, 0.3) is 0 Å². The lowest BCUT2D eigenvalue weighted by Crippen LogP contribution is -2.50. The number of piperazine rings is 1. The van der Waals surface area contributed by atoms with Crippen LogP contribution in [0, 0.1) is 0 Å². The van der Waals surface area contributed by atoms with E-state index in [1.54, 1.807) is 27.7 Å². The molecular formula is C23H35BN2O6. The number of amides is 1. The Bertz CT molecular complexity index is 1160. The first-order valence-electron chi connectivity index (χ1n) is 14.2. The Kier molecular flexibility index (Phi) is 4.18. The summed E-state index contributed by atoms with van der Waals surface area (Å²) in [5.41, 5.74) is -3.27. The van der Waals surface area contributed by atoms with E-state index >= 15 is 0 Å². The molecule has 8 nitrogen and oxygen atoms in total. The van der Waals surface area contributed by atoms with Crippen LogP contribution >= 0.6 is 0 Å². The molecular weight excluding hydrogens is 411 g/mol. The predicted molar refractivity (Wildman–Crippen MR) is 124 cm³/mol. The van der Waals surface area contributed by atoms with Gasteiger partial charge in [0.1, 0.15) is 5.60 Å². The zero-order valence-electron chi connectivity index (χ0n) is 27.7. The maximum absolute atomic E-state index is 13.0. The van der Waals surface area contributed by atoms with Crippen LogP contribution in [-0.2, 0) is 18.8 Å². The van der Waals surface area contributed by atoms with E-state index in [0.29, 0.717) is 0 Å². The number of methoxy groups -OCH3 is 1. The van der Waals surface area contributed by atoms with Gasteiger partial charge < -0.3 is 28.6 Å². The van der Waals surface area contributed by atoms with Gasteiger partial charge in [-0.25, -0.2) is 9.59 Å². The lowest BCUT2D eigenvalue weighted by molar-refractivity contribution is 0.00578. The number of carbonyl (C=O) groups excluding carboxylic acids is 2.